The van der Waals surface area contributed by atoms with Gasteiger partial charge in [0.15, 0.2) is 0 Å². The second-order valence-electron chi connectivity index (χ2n) is 3.51. The lowest BCUT2D eigenvalue weighted by Crippen LogP contribution is -2.34. The topological polar surface area (TPSA) is 58.6 Å². The number of aliphatic hydroxyl groups is 1. The van der Waals surface area contributed by atoms with Gasteiger partial charge in [0.2, 0.25) is 0 Å². The fourth-order valence-corrected chi connectivity index (χ4v) is 1.26. The first-order valence-corrected chi connectivity index (χ1v) is 4.75. The first-order chi connectivity index (χ1) is 6.13. The van der Waals surface area contributed by atoms with Gasteiger partial charge in [-0.15, -0.1) is 0 Å². The number of rotatable bonds is 3. The largest absolute Gasteiger partial charge is 0.462 e. The van der Waals surface area contributed by atoms with Crippen LogP contribution in [0.15, 0.2) is 0 Å². The van der Waals surface area contributed by atoms with Crippen LogP contribution in [0.25, 0.3) is 0 Å². The van der Waals surface area contributed by atoms with Gasteiger partial charge in [0, 0.05) is 13.0 Å². The van der Waals surface area contributed by atoms with E-state index >= 15 is 0 Å². The summed E-state index contributed by atoms with van der Waals surface area (Å²) in [6.45, 7) is 4.32. The molecule has 0 aliphatic carbocycles. The number of β-amino-alcohol motifs (C(OH)–C–C–N with tert-alkyl or cyclic N) is 1. The van der Waals surface area contributed by atoms with E-state index in [1.54, 1.807) is 0 Å². The average molecular weight is 187 g/mol. The van der Waals surface area contributed by atoms with Crippen LogP contribution in [0.3, 0.4) is 0 Å². The van der Waals surface area contributed by atoms with Crippen LogP contribution >= 0.6 is 0 Å². The molecule has 3 atom stereocenters. The van der Waals surface area contributed by atoms with Crippen molar-refractivity contribution in [3.05, 3.63) is 0 Å². The third-order valence-electron chi connectivity index (χ3n) is 2.28. The van der Waals surface area contributed by atoms with Crippen molar-refractivity contribution in [2.45, 2.75) is 44.9 Å². The highest BCUT2D eigenvalue weighted by atomic mass is 16.5. The summed E-state index contributed by atoms with van der Waals surface area (Å²) in [5.74, 6) is -0.245. The van der Waals surface area contributed by atoms with Gasteiger partial charge in [0.1, 0.15) is 6.04 Å². The van der Waals surface area contributed by atoms with Gasteiger partial charge >= 0.3 is 5.97 Å². The second kappa shape index (κ2) is 4.58. The molecule has 1 rings (SSSR count). The van der Waals surface area contributed by atoms with Crippen LogP contribution < -0.4 is 5.32 Å². The van der Waals surface area contributed by atoms with Gasteiger partial charge in [-0.3, -0.25) is 4.79 Å². The predicted molar refractivity (Wildman–Crippen MR) is 48.3 cm³/mol. The fourth-order valence-electron chi connectivity index (χ4n) is 1.26. The highest BCUT2D eigenvalue weighted by Crippen LogP contribution is 2.09. The lowest BCUT2D eigenvalue weighted by Gasteiger charge is -2.14. The Morgan fingerprint density at radius 2 is 2.46 bits per heavy atom. The zero-order valence-electron chi connectivity index (χ0n) is 8.12. The summed E-state index contributed by atoms with van der Waals surface area (Å²) in [6.07, 6.45) is 0.845. The van der Waals surface area contributed by atoms with Crippen LogP contribution in [0.5, 0.6) is 0 Å². The van der Waals surface area contributed by atoms with Crippen molar-refractivity contribution in [1.29, 1.82) is 0 Å². The highest BCUT2D eigenvalue weighted by Gasteiger charge is 2.29. The maximum atomic E-state index is 11.4. The summed E-state index contributed by atoms with van der Waals surface area (Å²) in [7, 11) is 0. The molecule has 0 spiro atoms. The molecular weight excluding hydrogens is 170 g/mol. The molecule has 1 heterocycles. The van der Waals surface area contributed by atoms with Gasteiger partial charge in [0.25, 0.3) is 0 Å². The molecule has 2 N–H and O–H groups in total. The number of carbonyl (C=O) groups is 1. The summed E-state index contributed by atoms with van der Waals surface area (Å²) in [4.78, 5) is 11.4. The number of ether oxygens (including phenoxy) is 1. The second-order valence-corrected chi connectivity index (χ2v) is 3.51. The van der Waals surface area contributed by atoms with Gasteiger partial charge in [-0.05, 0) is 13.3 Å². The SMILES string of the molecule is CCC(C)OC(=O)[C@@H]1C[C@H](O)CN1. The molecule has 0 aromatic heterocycles. The molecule has 0 aromatic rings. The monoisotopic (exact) mass is 187 g/mol. The van der Waals surface area contributed by atoms with E-state index in [-0.39, 0.29) is 18.1 Å². The Bertz CT molecular complexity index is 184. The molecule has 4 nitrogen and oxygen atoms in total. The third kappa shape index (κ3) is 2.97. The molecule has 0 amide bonds. The van der Waals surface area contributed by atoms with E-state index in [1.807, 2.05) is 13.8 Å². The molecule has 1 unspecified atom stereocenters. The maximum Gasteiger partial charge on any atom is 0.323 e. The fraction of sp³-hybridized carbons (Fsp3) is 0.889. The van der Waals surface area contributed by atoms with E-state index in [1.165, 1.54) is 0 Å². The minimum atomic E-state index is -0.408. The summed E-state index contributed by atoms with van der Waals surface area (Å²) >= 11 is 0. The summed E-state index contributed by atoms with van der Waals surface area (Å²) in [6, 6.07) is -0.316. The van der Waals surface area contributed by atoms with E-state index in [0.717, 1.165) is 6.42 Å². The van der Waals surface area contributed by atoms with Crippen molar-refractivity contribution < 1.29 is 14.6 Å². The van der Waals surface area contributed by atoms with E-state index in [0.29, 0.717) is 13.0 Å². The predicted octanol–water partition coefficient (Wildman–Crippen LogP) is 0.0509. The Morgan fingerprint density at radius 1 is 1.77 bits per heavy atom. The molecular formula is C9H17NO3. The molecule has 1 fully saturated rings. The molecule has 0 radical (unpaired) electrons. The zero-order chi connectivity index (χ0) is 9.84. The number of carbonyl (C=O) groups excluding carboxylic acids is 1. The normalized spacial score (nSPS) is 30.1. The van der Waals surface area contributed by atoms with Crippen molar-refractivity contribution in [2.75, 3.05) is 6.54 Å². The number of hydrogen-bond acceptors (Lipinski definition) is 4. The molecule has 1 aliphatic rings. The van der Waals surface area contributed by atoms with Crippen LogP contribution in [-0.2, 0) is 9.53 Å². The number of nitrogens with one attached hydrogen (secondary N) is 1. The van der Waals surface area contributed by atoms with Crippen molar-refractivity contribution in [2.24, 2.45) is 0 Å². The zero-order valence-corrected chi connectivity index (χ0v) is 8.12. The van der Waals surface area contributed by atoms with Gasteiger partial charge in [-0.2, -0.15) is 0 Å². The van der Waals surface area contributed by atoms with Gasteiger partial charge in [-0.1, -0.05) is 6.92 Å². The van der Waals surface area contributed by atoms with Crippen molar-refractivity contribution >= 4 is 5.97 Å². The quantitative estimate of drug-likeness (QED) is 0.613. The molecule has 0 saturated carbocycles. The standard InChI is InChI=1S/C9H17NO3/c1-3-6(2)13-9(12)8-4-7(11)5-10-8/h6-8,10-11H,3-5H2,1-2H3/t6?,7-,8-/m0/s1. The molecule has 4 heteroatoms. The van der Waals surface area contributed by atoms with Crippen LogP contribution in [0.1, 0.15) is 26.7 Å². The Hall–Kier alpha value is -0.610. The number of esters is 1. The molecule has 1 saturated heterocycles. The average Bonchev–Trinajstić information content (AvgIpc) is 2.51. The van der Waals surface area contributed by atoms with Crippen LogP contribution in [-0.4, -0.2) is 35.9 Å². The van der Waals surface area contributed by atoms with Crippen LogP contribution in [0.4, 0.5) is 0 Å². The number of aliphatic hydroxyl groups excluding tert-OH is 1. The van der Waals surface area contributed by atoms with E-state index < -0.39 is 6.10 Å². The molecule has 1 aliphatic heterocycles. The maximum absolute atomic E-state index is 11.4. The van der Waals surface area contributed by atoms with E-state index in [2.05, 4.69) is 5.32 Å². The summed E-state index contributed by atoms with van der Waals surface area (Å²) in [5.41, 5.74) is 0. The molecule has 0 aromatic carbocycles. The van der Waals surface area contributed by atoms with Crippen LogP contribution in [0.2, 0.25) is 0 Å². The molecule has 76 valence electrons. The Kier molecular flexibility index (Phi) is 3.69. The minimum absolute atomic E-state index is 0.0351. The van der Waals surface area contributed by atoms with Gasteiger partial charge < -0.3 is 15.2 Å². The lowest BCUT2D eigenvalue weighted by molar-refractivity contribution is -0.150. The van der Waals surface area contributed by atoms with Crippen molar-refractivity contribution in [1.82, 2.24) is 5.32 Å². The summed E-state index contributed by atoms with van der Waals surface area (Å²) in [5, 5.41) is 12.1. The lowest BCUT2D eigenvalue weighted by atomic mass is 10.2. The third-order valence-corrected chi connectivity index (χ3v) is 2.28. The van der Waals surface area contributed by atoms with Gasteiger partial charge in [-0.25, -0.2) is 0 Å². The Balaban J connectivity index is 2.31. The van der Waals surface area contributed by atoms with Crippen LogP contribution in [0, 0.1) is 0 Å². The van der Waals surface area contributed by atoms with Crippen molar-refractivity contribution in [3.63, 3.8) is 0 Å². The molecule has 13 heavy (non-hydrogen) atoms. The minimum Gasteiger partial charge on any atom is -0.462 e. The number of hydrogen-bond donors (Lipinski definition) is 2. The van der Waals surface area contributed by atoms with Gasteiger partial charge in [0.05, 0.1) is 12.2 Å². The Morgan fingerprint density at radius 3 is 2.92 bits per heavy atom. The van der Waals surface area contributed by atoms with E-state index in [9.17, 15) is 4.79 Å². The highest BCUT2D eigenvalue weighted by molar-refractivity contribution is 5.76. The first kappa shape index (κ1) is 10.5. The smallest absolute Gasteiger partial charge is 0.323 e. The first-order valence-electron chi connectivity index (χ1n) is 4.75. The molecule has 0 bridgehead atoms. The summed E-state index contributed by atoms with van der Waals surface area (Å²) < 4.78 is 5.12. The van der Waals surface area contributed by atoms with Crippen molar-refractivity contribution in [3.8, 4) is 0 Å². The Labute approximate surface area is 78.3 Å². The van der Waals surface area contributed by atoms with E-state index in [4.69, 9.17) is 9.84 Å².